The van der Waals surface area contributed by atoms with Crippen LogP contribution in [0.3, 0.4) is 0 Å². The first-order chi connectivity index (χ1) is 10.2. The average molecular weight is 285 g/mol. The molecule has 114 valence electrons. The second kappa shape index (κ2) is 7.41. The summed E-state index contributed by atoms with van der Waals surface area (Å²) < 4.78 is 2.29. The minimum absolute atomic E-state index is 0.334. The summed E-state index contributed by atoms with van der Waals surface area (Å²) in [6.45, 7) is 10.6. The fourth-order valence-electron chi connectivity index (χ4n) is 2.89. The number of imidazole rings is 1. The minimum atomic E-state index is 0.334. The third-order valence-electron chi connectivity index (χ3n) is 3.91. The minimum Gasteiger partial charge on any atom is -0.333 e. The van der Waals surface area contributed by atoms with E-state index in [1.807, 2.05) is 6.20 Å². The highest BCUT2D eigenvalue weighted by Crippen LogP contribution is 2.21. The zero-order valence-electron chi connectivity index (χ0n) is 13.7. The second-order valence-electron chi connectivity index (χ2n) is 5.72. The molecule has 1 aromatic carbocycles. The Hall–Kier alpha value is -1.61. The van der Waals surface area contributed by atoms with E-state index in [9.17, 15) is 0 Å². The van der Waals surface area contributed by atoms with Gasteiger partial charge in [-0.2, -0.15) is 0 Å². The van der Waals surface area contributed by atoms with Crippen LogP contribution in [0.2, 0.25) is 0 Å². The molecule has 0 aliphatic rings. The first-order valence-electron chi connectivity index (χ1n) is 7.96. The maximum Gasteiger partial charge on any atom is 0.108 e. The van der Waals surface area contributed by atoms with Crippen LogP contribution < -0.4 is 5.32 Å². The predicted molar refractivity (Wildman–Crippen MR) is 88.6 cm³/mol. The molecule has 0 saturated heterocycles. The van der Waals surface area contributed by atoms with Gasteiger partial charge in [-0.15, -0.1) is 0 Å². The highest BCUT2D eigenvalue weighted by Gasteiger charge is 2.15. The van der Waals surface area contributed by atoms with Gasteiger partial charge in [-0.3, -0.25) is 0 Å². The van der Waals surface area contributed by atoms with Gasteiger partial charge in [0, 0.05) is 25.4 Å². The van der Waals surface area contributed by atoms with Crippen LogP contribution in [0.25, 0.3) is 0 Å². The van der Waals surface area contributed by atoms with Gasteiger partial charge in [-0.25, -0.2) is 4.98 Å². The second-order valence-corrected chi connectivity index (χ2v) is 5.72. The van der Waals surface area contributed by atoms with Crippen molar-refractivity contribution in [3.05, 3.63) is 53.1 Å². The van der Waals surface area contributed by atoms with Crippen molar-refractivity contribution in [2.45, 2.75) is 53.1 Å². The predicted octanol–water partition coefficient (Wildman–Crippen LogP) is 3.80. The molecule has 0 amide bonds. The summed E-state index contributed by atoms with van der Waals surface area (Å²) in [5.74, 6) is 1.19. The van der Waals surface area contributed by atoms with Crippen molar-refractivity contribution >= 4 is 0 Å². The molecule has 0 fully saturated rings. The first kappa shape index (κ1) is 15.8. The number of likely N-dealkylation sites (N-methyl/N-ethyl adjacent to an activating group) is 1. The maximum atomic E-state index is 4.48. The molecule has 0 saturated carbocycles. The number of hydrogen-bond donors (Lipinski definition) is 1. The number of aromatic nitrogens is 2. The molecule has 0 aliphatic carbocycles. The van der Waals surface area contributed by atoms with Crippen LogP contribution in [0.5, 0.6) is 0 Å². The summed E-state index contributed by atoms with van der Waals surface area (Å²) in [5, 5.41) is 3.62. The van der Waals surface area contributed by atoms with Crippen LogP contribution in [-0.4, -0.2) is 16.1 Å². The Morgan fingerprint density at radius 2 is 2.05 bits per heavy atom. The van der Waals surface area contributed by atoms with Crippen molar-refractivity contribution < 1.29 is 0 Å². The fraction of sp³-hybridized carbons (Fsp3) is 0.500. The molecule has 0 spiro atoms. The summed E-state index contributed by atoms with van der Waals surface area (Å²) >= 11 is 0. The van der Waals surface area contributed by atoms with Crippen LogP contribution in [0.15, 0.2) is 30.6 Å². The van der Waals surface area contributed by atoms with E-state index in [0.717, 1.165) is 25.9 Å². The van der Waals surface area contributed by atoms with Crippen molar-refractivity contribution in [1.29, 1.82) is 0 Å². The Kier molecular flexibility index (Phi) is 5.57. The highest BCUT2D eigenvalue weighted by molar-refractivity contribution is 5.32. The zero-order chi connectivity index (χ0) is 15.2. The van der Waals surface area contributed by atoms with Crippen LogP contribution in [0.4, 0.5) is 0 Å². The van der Waals surface area contributed by atoms with E-state index in [1.165, 1.54) is 22.5 Å². The van der Waals surface area contributed by atoms with E-state index < -0.39 is 0 Å². The number of hydrogen-bond acceptors (Lipinski definition) is 2. The van der Waals surface area contributed by atoms with E-state index in [4.69, 9.17) is 0 Å². The van der Waals surface area contributed by atoms with E-state index in [-0.39, 0.29) is 0 Å². The van der Waals surface area contributed by atoms with Gasteiger partial charge in [0.15, 0.2) is 0 Å². The maximum absolute atomic E-state index is 4.48. The Bertz CT molecular complexity index is 572. The molecule has 2 rings (SSSR count). The van der Waals surface area contributed by atoms with Gasteiger partial charge in [0.05, 0.1) is 6.04 Å². The summed E-state index contributed by atoms with van der Waals surface area (Å²) in [6, 6.07) is 7.06. The summed E-state index contributed by atoms with van der Waals surface area (Å²) in [7, 11) is 0. The molecule has 3 heteroatoms. The third kappa shape index (κ3) is 3.94. The molecule has 1 heterocycles. The fourth-order valence-corrected chi connectivity index (χ4v) is 2.89. The quantitative estimate of drug-likeness (QED) is 0.838. The van der Waals surface area contributed by atoms with Gasteiger partial charge in [-0.1, -0.05) is 37.6 Å². The molecule has 1 unspecified atom stereocenters. The molecular weight excluding hydrogens is 258 g/mol. The van der Waals surface area contributed by atoms with Crippen molar-refractivity contribution in [3.63, 3.8) is 0 Å². The molecular formula is C18H27N3. The van der Waals surface area contributed by atoms with Crippen LogP contribution in [0.1, 0.15) is 48.8 Å². The smallest absolute Gasteiger partial charge is 0.108 e. The monoisotopic (exact) mass is 285 g/mol. The zero-order valence-corrected chi connectivity index (χ0v) is 13.7. The largest absolute Gasteiger partial charge is 0.333 e. The number of nitrogens with one attached hydrogen (secondary N) is 1. The van der Waals surface area contributed by atoms with Crippen LogP contribution in [-0.2, 0) is 13.0 Å². The lowest BCUT2D eigenvalue weighted by atomic mass is 9.99. The standard InChI is InChI=1S/C18H27N3/c1-5-7-18-20-10-11-21(18)13-17(19-6-2)16-9-8-14(3)12-15(16)4/h8-12,17,19H,5-7,13H2,1-4H3. The molecule has 1 aromatic heterocycles. The van der Waals surface area contributed by atoms with E-state index in [2.05, 4.69) is 67.0 Å². The lowest BCUT2D eigenvalue weighted by Crippen LogP contribution is -2.26. The molecule has 0 bridgehead atoms. The van der Waals surface area contributed by atoms with Crippen molar-refractivity contribution in [2.24, 2.45) is 0 Å². The van der Waals surface area contributed by atoms with Gasteiger partial charge >= 0.3 is 0 Å². The Morgan fingerprint density at radius 3 is 2.71 bits per heavy atom. The number of aryl methyl sites for hydroxylation is 3. The molecule has 1 atom stereocenters. The lowest BCUT2D eigenvalue weighted by Gasteiger charge is -2.22. The van der Waals surface area contributed by atoms with Gasteiger partial charge in [0.1, 0.15) is 5.82 Å². The topological polar surface area (TPSA) is 29.9 Å². The molecule has 0 aliphatic heterocycles. The van der Waals surface area contributed by atoms with Crippen LogP contribution >= 0.6 is 0 Å². The highest BCUT2D eigenvalue weighted by atomic mass is 15.1. The third-order valence-corrected chi connectivity index (χ3v) is 3.91. The van der Waals surface area contributed by atoms with E-state index >= 15 is 0 Å². The molecule has 21 heavy (non-hydrogen) atoms. The van der Waals surface area contributed by atoms with Gasteiger partial charge in [-0.05, 0) is 37.9 Å². The number of rotatable bonds is 7. The van der Waals surface area contributed by atoms with Crippen molar-refractivity contribution in [2.75, 3.05) is 6.54 Å². The molecule has 0 radical (unpaired) electrons. The van der Waals surface area contributed by atoms with Gasteiger partial charge < -0.3 is 9.88 Å². The Morgan fingerprint density at radius 1 is 1.24 bits per heavy atom. The van der Waals surface area contributed by atoms with E-state index in [0.29, 0.717) is 6.04 Å². The molecule has 3 nitrogen and oxygen atoms in total. The first-order valence-corrected chi connectivity index (χ1v) is 7.96. The summed E-state index contributed by atoms with van der Waals surface area (Å²) in [4.78, 5) is 4.48. The SMILES string of the molecule is CCCc1nccn1CC(NCC)c1ccc(C)cc1C. The average Bonchev–Trinajstić information content (AvgIpc) is 2.86. The lowest BCUT2D eigenvalue weighted by molar-refractivity contribution is 0.462. The van der Waals surface area contributed by atoms with Crippen molar-refractivity contribution in [3.8, 4) is 0 Å². The summed E-state index contributed by atoms with van der Waals surface area (Å²) in [5.41, 5.74) is 4.07. The molecule has 2 aromatic rings. The van der Waals surface area contributed by atoms with Crippen LogP contribution in [0, 0.1) is 13.8 Å². The number of nitrogens with zero attached hydrogens (tertiary/aromatic N) is 2. The van der Waals surface area contributed by atoms with Gasteiger partial charge in [0.2, 0.25) is 0 Å². The summed E-state index contributed by atoms with van der Waals surface area (Å²) in [6.07, 6.45) is 6.18. The van der Waals surface area contributed by atoms with Gasteiger partial charge in [0.25, 0.3) is 0 Å². The Labute approximate surface area is 128 Å². The molecule has 1 N–H and O–H groups in total. The normalized spacial score (nSPS) is 12.6. The van der Waals surface area contributed by atoms with E-state index in [1.54, 1.807) is 0 Å². The number of benzene rings is 1. The Balaban J connectivity index is 2.24. The van der Waals surface area contributed by atoms with Crippen molar-refractivity contribution in [1.82, 2.24) is 14.9 Å².